The highest BCUT2D eigenvalue weighted by Crippen LogP contribution is 2.42. The molecule has 0 radical (unpaired) electrons. The zero-order valence-electron chi connectivity index (χ0n) is 16.1. The first kappa shape index (κ1) is 19.7. The summed E-state index contributed by atoms with van der Waals surface area (Å²) in [6.45, 7) is 1.78. The number of hydrazine groups is 1. The van der Waals surface area contributed by atoms with Gasteiger partial charge in [0.15, 0.2) is 6.61 Å². The molecule has 2 heterocycles. The molecule has 7 nitrogen and oxygen atoms in total. The van der Waals surface area contributed by atoms with E-state index in [2.05, 4.69) is 10.9 Å². The summed E-state index contributed by atoms with van der Waals surface area (Å²) in [6.07, 6.45) is 0. The van der Waals surface area contributed by atoms with E-state index in [0.717, 1.165) is 27.3 Å². The molecule has 0 fully saturated rings. The van der Waals surface area contributed by atoms with Gasteiger partial charge in [-0.1, -0.05) is 29.8 Å². The van der Waals surface area contributed by atoms with E-state index in [4.69, 9.17) is 9.47 Å². The number of thiophene rings is 1. The van der Waals surface area contributed by atoms with Crippen molar-refractivity contribution < 1.29 is 23.9 Å². The summed E-state index contributed by atoms with van der Waals surface area (Å²) < 4.78 is 10.8. The first-order valence-electron chi connectivity index (χ1n) is 9.19. The molecule has 2 amide bonds. The number of esters is 1. The number of carbonyl (C=O) groups is 3. The molecule has 3 aromatic rings. The van der Waals surface area contributed by atoms with Gasteiger partial charge in [-0.3, -0.25) is 20.4 Å². The molecule has 0 spiro atoms. The average Bonchev–Trinajstić information content (AvgIpc) is 3.21. The molecule has 1 aliphatic heterocycles. The van der Waals surface area contributed by atoms with E-state index in [1.54, 1.807) is 30.3 Å². The number of aryl methyl sites for hydroxylation is 1. The first-order valence-corrected chi connectivity index (χ1v) is 10.0. The van der Waals surface area contributed by atoms with Gasteiger partial charge in [-0.15, -0.1) is 11.3 Å². The minimum Gasteiger partial charge on any atom is -0.488 e. The molecule has 0 saturated heterocycles. The van der Waals surface area contributed by atoms with Crippen molar-refractivity contribution in [2.45, 2.75) is 13.5 Å². The Balaban J connectivity index is 1.31. The van der Waals surface area contributed by atoms with E-state index >= 15 is 0 Å². The van der Waals surface area contributed by atoms with E-state index in [1.165, 1.54) is 11.3 Å². The van der Waals surface area contributed by atoms with Crippen molar-refractivity contribution in [1.82, 2.24) is 10.9 Å². The Morgan fingerprint density at radius 3 is 2.63 bits per heavy atom. The van der Waals surface area contributed by atoms with Crippen molar-refractivity contribution in [3.63, 3.8) is 0 Å². The van der Waals surface area contributed by atoms with Crippen LogP contribution in [-0.4, -0.2) is 24.4 Å². The summed E-state index contributed by atoms with van der Waals surface area (Å²) in [5.41, 5.74) is 7.78. The molecule has 1 aromatic heterocycles. The van der Waals surface area contributed by atoms with Crippen LogP contribution in [0.2, 0.25) is 0 Å². The molecule has 0 bridgehead atoms. The normalized spacial score (nSPS) is 11.5. The quantitative estimate of drug-likeness (QED) is 0.497. The molecular weight excluding hydrogens is 404 g/mol. The SMILES string of the molecule is Cc1ccc(C(=O)NNC(=O)COC(=O)c2cc3c(s2)-c2ccccc2OC3)cc1. The number of carbonyl (C=O) groups excluding carboxylic acids is 3. The van der Waals surface area contributed by atoms with Gasteiger partial charge in [-0.2, -0.15) is 0 Å². The Hall–Kier alpha value is -3.65. The number of ether oxygens (including phenoxy) is 2. The second-order valence-electron chi connectivity index (χ2n) is 6.69. The zero-order chi connectivity index (χ0) is 21.1. The topological polar surface area (TPSA) is 93.7 Å². The number of amides is 2. The first-order chi connectivity index (χ1) is 14.5. The minimum absolute atomic E-state index is 0.377. The molecule has 30 heavy (non-hydrogen) atoms. The molecule has 8 heteroatoms. The number of fused-ring (bicyclic) bond motifs is 3. The number of rotatable bonds is 4. The average molecular weight is 422 g/mol. The molecule has 4 rings (SSSR count). The number of nitrogens with one attached hydrogen (secondary N) is 2. The van der Waals surface area contributed by atoms with Crippen LogP contribution in [-0.2, 0) is 16.1 Å². The van der Waals surface area contributed by atoms with Crippen molar-refractivity contribution in [3.05, 3.63) is 76.2 Å². The summed E-state index contributed by atoms with van der Waals surface area (Å²) in [7, 11) is 0. The van der Waals surface area contributed by atoms with Crippen LogP contribution in [0.5, 0.6) is 5.75 Å². The van der Waals surface area contributed by atoms with Gasteiger partial charge < -0.3 is 9.47 Å². The van der Waals surface area contributed by atoms with Gasteiger partial charge in [-0.05, 0) is 37.3 Å². The van der Waals surface area contributed by atoms with Crippen LogP contribution in [0.4, 0.5) is 0 Å². The van der Waals surface area contributed by atoms with E-state index in [0.29, 0.717) is 17.0 Å². The fourth-order valence-electron chi connectivity index (χ4n) is 2.94. The lowest BCUT2D eigenvalue weighted by Crippen LogP contribution is -2.43. The molecule has 0 atom stereocenters. The van der Waals surface area contributed by atoms with Gasteiger partial charge in [0.25, 0.3) is 11.8 Å². The predicted molar refractivity (Wildman–Crippen MR) is 111 cm³/mol. The van der Waals surface area contributed by atoms with Crippen LogP contribution >= 0.6 is 11.3 Å². The Morgan fingerprint density at radius 1 is 1.07 bits per heavy atom. The number of benzene rings is 2. The second kappa shape index (κ2) is 8.38. The van der Waals surface area contributed by atoms with Gasteiger partial charge in [-0.25, -0.2) is 4.79 Å². The van der Waals surface area contributed by atoms with E-state index in [1.807, 2.05) is 31.2 Å². The summed E-state index contributed by atoms with van der Waals surface area (Å²) in [5, 5.41) is 0. The lowest BCUT2D eigenvalue weighted by atomic mass is 10.1. The van der Waals surface area contributed by atoms with Gasteiger partial charge >= 0.3 is 5.97 Å². The molecule has 0 aliphatic carbocycles. The maximum absolute atomic E-state index is 12.4. The second-order valence-corrected chi connectivity index (χ2v) is 7.75. The highest BCUT2D eigenvalue weighted by Gasteiger charge is 2.23. The smallest absolute Gasteiger partial charge is 0.348 e. The fraction of sp³-hybridized carbons (Fsp3) is 0.136. The largest absolute Gasteiger partial charge is 0.488 e. The minimum atomic E-state index is -0.640. The summed E-state index contributed by atoms with van der Waals surface area (Å²) in [4.78, 5) is 37.6. The third kappa shape index (κ3) is 4.18. The van der Waals surface area contributed by atoms with Crippen LogP contribution in [0.25, 0.3) is 10.4 Å². The Labute approximate surface area is 176 Å². The Kier molecular flexibility index (Phi) is 5.49. The van der Waals surface area contributed by atoms with Crippen molar-refractivity contribution in [3.8, 4) is 16.2 Å². The molecule has 0 unspecified atom stereocenters. The highest BCUT2D eigenvalue weighted by molar-refractivity contribution is 7.17. The third-order valence-corrected chi connectivity index (χ3v) is 5.68. The summed E-state index contributed by atoms with van der Waals surface area (Å²) >= 11 is 1.30. The maximum atomic E-state index is 12.4. The Morgan fingerprint density at radius 2 is 1.83 bits per heavy atom. The van der Waals surface area contributed by atoms with Crippen molar-refractivity contribution >= 4 is 29.1 Å². The molecule has 0 saturated carbocycles. The lowest BCUT2D eigenvalue weighted by molar-refractivity contribution is -0.125. The highest BCUT2D eigenvalue weighted by atomic mass is 32.1. The molecule has 2 N–H and O–H groups in total. The lowest BCUT2D eigenvalue weighted by Gasteiger charge is -2.16. The molecular formula is C22H18N2O5S. The van der Waals surface area contributed by atoms with Crippen molar-refractivity contribution in [2.24, 2.45) is 0 Å². The van der Waals surface area contributed by atoms with Crippen LogP contribution < -0.4 is 15.6 Å². The number of hydrogen-bond donors (Lipinski definition) is 2. The van der Waals surface area contributed by atoms with Crippen LogP contribution in [0.1, 0.15) is 31.2 Å². The monoisotopic (exact) mass is 422 g/mol. The predicted octanol–water partition coefficient (Wildman–Crippen LogP) is 3.23. The van der Waals surface area contributed by atoms with Crippen molar-refractivity contribution in [2.75, 3.05) is 6.61 Å². The van der Waals surface area contributed by atoms with Crippen LogP contribution in [0, 0.1) is 6.92 Å². The maximum Gasteiger partial charge on any atom is 0.348 e. The number of para-hydroxylation sites is 1. The van der Waals surface area contributed by atoms with Gasteiger partial charge in [0.1, 0.15) is 17.2 Å². The van der Waals surface area contributed by atoms with Gasteiger partial charge in [0.2, 0.25) is 0 Å². The fourth-order valence-corrected chi connectivity index (χ4v) is 4.03. The van der Waals surface area contributed by atoms with Crippen LogP contribution in [0.15, 0.2) is 54.6 Å². The standard InChI is InChI=1S/C22H18N2O5S/c1-13-6-8-14(9-7-13)21(26)24-23-19(25)12-29-22(27)18-10-15-11-28-17-5-3-2-4-16(17)20(15)30-18/h2-10H,11-12H2,1H3,(H,23,25)(H,24,26). The molecule has 1 aliphatic rings. The zero-order valence-corrected chi connectivity index (χ0v) is 16.9. The van der Waals surface area contributed by atoms with E-state index < -0.39 is 24.4 Å². The summed E-state index contributed by atoms with van der Waals surface area (Å²) in [5.74, 6) is -0.930. The van der Waals surface area contributed by atoms with Gasteiger partial charge in [0, 0.05) is 21.6 Å². The summed E-state index contributed by atoms with van der Waals surface area (Å²) in [6, 6.07) is 16.2. The van der Waals surface area contributed by atoms with Gasteiger partial charge in [0.05, 0.1) is 0 Å². The van der Waals surface area contributed by atoms with Crippen LogP contribution in [0.3, 0.4) is 0 Å². The molecule has 2 aromatic carbocycles. The van der Waals surface area contributed by atoms with Crippen molar-refractivity contribution in [1.29, 1.82) is 0 Å². The number of hydrogen-bond acceptors (Lipinski definition) is 6. The third-order valence-electron chi connectivity index (χ3n) is 4.49. The van der Waals surface area contributed by atoms with E-state index in [9.17, 15) is 14.4 Å². The Bertz CT molecular complexity index is 1120. The van der Waals surface area contributed by atoms with E-state index in [-0.39, 0.29) is 0 Å². The molecule has 152 valence electrons.